The summed E-state index contributed by atoms with van der Waals surface area (Å²) in [4.78, 5) is 0. The fraction of sp³-hybridized carbons (Fsp3) is 0.625. The average Bonchev–Trinajstić information content (AvgIpc) is 1.77. The van der Waals surface area contributed by atoms with Crippen LogP contribution >= 0.6 is 0 Å². The summed E-state index contributed by atoms with van der Waals surface area (Å²) in [5, 5.41) is 0. The highest BCUT2D eigenvalue weighted by Crippen LogP contribution is 2.26. The Morgan fingerprint density at radius 2 is 2.25 bits per heavy atom. The van der Waals surface area contributed by atoms with E-state index < -0.39 is 0 Å². The van der Waals surface area contributed by atoms with Crippen molar-refractivity contribution in [3.8, 4) is 0 Å². The van der Waals surface area contributed by atoms with Crippen LogP contribution in [0.3, 0.4) is 0 Å². The lowest BCUT2D eigenvalue weighted by Crippen LogP contribution is -2.04. The Balaban J connectivity index is 2.39. The van der Waals surface area contributed by atoms with Gasteiger partial charge in [-0.15, -0.1) is 0 Å². The molecule has 0 N–H and O–H groups in total. The molecule has 1 saturated carbocycles. The Hall–Kier alpha value is -0.260. The molecule has 0 aromatic carbocycles. The first-order valence-electron chi connectivity index (χ1n) is 3.24. The molecule has 8 heavy (non-hydrogen) atoms. The minimum Gasteiger partial charge on any atom is -0.0996 e. The lowest BCUT2D eigenvalue weighted by atomic mass is 9.87. The van der Waals surface area contributed by atoms with Gasteiger partial charge in [0.05, 0.1) is 0 Å². The van der Waals surface area contributed by atoms with E-state index in [0.29, 0.717) is 5.92 Å². The third kappa shape index (κ3) is 1.12. The molecule has 0 saturated heterocycles. The van der Waals surface area contributed by atoms with Gasteiger partial charge in [-0.3, -0.25) is 0 Å². The van der Waals surface area contributed by atoms with Crippen LogP contribution in [0.15, 0.2) is 12.2 Å². The van der Waals surface area contributed by atoms with Gasteiger partial charge in [0.15, 0.2) is 0 Å². The highest BCUT2D eigenvalue weighted by molar-refractivity contribution is 5.04. The fourth-order valence-electron chi connectivity index (χ4n) is 1.11. The van der Waals surface area contributed by atoms with Crippen molar-refractivity contribution in [3.05, 3.63) is 19.1 Å². The summed E-state index contributed by atoms with van der Waals surface area (Å²) >= 11 is 0. The van der Waals surface area contributed by atoms with Crippen molar-refractivity contribution in [3.63, 3.8) is 0 Å². The van der Waals surface area contributed by atoms with Crippen LogP contribution in [-0.2, 0) is 0 Å². The van der Waals surface area contributed by atoms with Crippen LogP contribution in [-0.4, -0.2) is 0 Å². The Kier molecular flexibility index (Phi) is 1.72. The molecule has 1 rings (SSSR count). The van der Waals surface area contributed by atoms with Gasteiger partial charge in [-0.05, 0) is 32.1 Å². The van der Waals surface area contributed by atoms with E-state index >= 15 is 0 Å². The van der Waals surface area contributed by atoms with Crippen LogP contribution < -0.4 is 0 Å². The minimum absolute atomic E-state index is 0.309. The highest BCUT2D eigenvalue weighted by Gasteiger charge is 2.10. The van der Waals surface area contributed by atoms with E-state index in [0.717, 1.165) is 12.8 Å². The maximum Gasteiger partial charge on any atom is -0.0172 e. The Morgan fingerprint density at radius 1 is 1.50 bits per heavy atom. The lowest BCUT2D eigenvalue weighted by molar-refractivity contribution is 0.519. The second-order valence-electron chi connectivity index (χ2n) is 2.51. The molecule has 1 aliphatic rings. The van der Waals surface area contributed by atoms with Crippen molar-refractivity contribution in [2.24, 2.45) is 5.92 Å². The number of allylic oxidation sites excluding steroid dienone is 1. The SMILES string of the molecule is [CH]C1CCCCC1=C. The predicted octanol–water partition coefficient (Wildman–Crippen LogP) is 2.44. The van der Waals surface area contributed by atoms with Gasteiger partial charge in [0.2, 0.25) is 0 Å². The standard InChI is InChI=1S/C8H12/c1-7-5-3-4-6-8(7)2/h1,7H,2-6H2. The quantitative estimate of drug-likeness (QED) is 0.418. The predicted molar refractivity (Wildman–Crippen MR) is 35.4 cm³/mol. The molecule has 1 fully saturated rings. The normalized spacial score (nSPS) is 30.6. The summed E-state index contributed by atoms with van der Waals surface area (Å²) in [5.41, 5.74) is 1.25. The van der Waals surface area contributed by atoms with Gasteiger partial charge in [0, 0.05) is 0 Å². The molecular formula is C8H12. The summed E-state index contributed by atoms with van der Waals surface area (Å²) in [6.45, 7) is 9.55. The molecule has 0 heterocycles. The molecule has 0 nitrogen and oxygen atoms in total. The van der Waals surface area contributed by atoms with Crippen molar-refractivity contribution in [2.75, 3.05) is 0 Å². The number of rotatable bonds is 0. The van der Waals surface area contributed by atoms with E-state index in [1.165, 1.54) is 18.4 Å². The summed E-state index contributed by atoms with van der Waals surface area (Å²) in [5.74, 6) is 0.309. The third-order valence-corrected chi connectivity index (χ3v) is 1.79. The first kappa shape index (κ1) is 5.87. The van der Waals surface area contributed by atoms with Gasteiger partial charge in [0.25, 0.3) is 0 Å². The summed E-state index contributed by atoms with van der Waals surface area (Å²) in [7, 11) is 0. The molecule has 1 unspecified atom stereocenters. The van der Waals surface area contributed by atoms with E-state index in [4.69, 9.17) is 6.92 Å². The van der Waals surface area contributed by atoms with Gasteiger partial charge < -0.3 is 0 Å². The topological polar surface area (TPSA) is 0 Å². The lowest BCUT2D eigenvalue weighted by Gasteiger charge is -2.19. The third-order valence-electron chi connectivity index (χ3n) is 1.79. The molecule has 0 spiro atoms. The number of hydrogen-bond acceptors (Lipinski definition) is 0. The fourth-order valence-corrected chi connectivity index (χ4v) is 1.11. The monoisotopic (exact) mass is 108 g/mol. The molecule has 0 amide bonds. The van der Waals surface area contributed by atoms with Crippen molar-refractivity contribution in [2.45, 2.75) is 25.7 Å². The van der Waals surface area contributed by atoms with Gasteiger partial charge in [-0.25, -0.2) is 0 Å². The summed E-state index contributed by atoms with van der Waals surface area (Å²) < 4.78 is 0. The van der Waals surface area contributed by atoms with E-state index in [9.17, 15) is 0 Å². The van der Waals surface area contributed by atoms with E-state index in [1.807, 2.05) is 0 Å². The molecule has 0 aromatic heterocycles. The van der Waals surface area contributed by atoms with Crippen LogP contribution in [0.4, 0.5) is 0 Å². The summed E-state index contributed by atoms with van der Waals surface area (Å²) in [6, 6.07) is 0. The number of hydrogen-bond donors (Lipinski definition) is 0. The van der Waals surface area contributed by atoms with Crippen LogP contribution in [0.25, 0.3) is 0 Å². The molecule has 0 bridgehead atoms. The van der Waals surface area contributed by atoms with Crippen LogP contribution in [0, 0.1) is 12.8 Å². The van der Waals surface area contributed by atoms with Crippen molar-refractivity contribution >= 4 is 0 Å². The largest absolute Gasteiger partial charge is 0.0996 e. The minimum atomic E-state index is 0.309. The zero-order valence-corrected chi connectivity index (χ0v) is 5.19. The molecule has 44 valence electrons. The molecule has 0 heteroatoms. The molecule has 0 aromatic rings. The highest BCUT2D eigenvalue weighted by atomic mass is 14.2. The molecule has 0 aliphatic heterocycles. The Bertz CT molecular complexity index is 92.2. The van der Waals surface area contributed by atoms with E-state index in [-0.39, 0.29) is 0 Å². The van der Waals surface area contributed by atoms with E-state index in [1.54, 1.807) is 0 Å². The van der Waals surface area contributed by atoms with Gasteiger partial charge in [0.1, 0.15) is 0 Å². The van der Waals surface area contributed by atoms with Crippen molar-refractivity contribution in [1.82, 2.24) is 0 Å². The smallest absolute Gasteiger partial charge is 0.0172 e. The first-order chi connectivity index (χ1) is 3.80. The second kappa shape index (κ2) is 2.34. The zero-order chi connectivity index (χ0) is 5.98. The Labute approximate surface area is 51.6 Å². The summed E-state index contributed by atoms with van der Waals surface area (Å²) in [6.07, 6.45) is 4.90. The first-order valence-corrected chi connectivity index (χ1v) is 3.24. The van der Waals surface area contributed by atoms with E-state index in [2.05, 4.69) is 6.58 Å². The average molecular weight is 108 g/mol. The molecule has 1 aliphatic carbocycles. The molecular weight excluding hydrogens is 96.1 g/mol. The van der Waals surface area contributed by atoms with Gasteiger partial charge in [-0.1, -0.05) is 18.6 Å². The maximum absolute atomic E-state index is 5.68. The van der Waals surface area contributed by atoms with Gasteiger partial charge in [-0.2, -0.15) is 0 Å². The van der Waals surface area contributed by atoms with Crippen LogP contribution in [0.2, 0.25) is 0 Å². The second-order valence-corrected chi connectivity index (χ2v) is 2.51. The van der Waals surface area contributed by atoms with Crippen LogP contribution in [0.5, 0.6) is 0 Å². The van der Waals surface area contributed by atoms with Crippen molar-refractivity contribution < 1.29 is 0 Å². The van der Waals surface area contributed by atoms with Crippen LogP contribution in [0.1, 0.15) is 25.7 Å². The molecule has 1 atom stereocenters. The Morgan fingerprint density at radius 3 is 2.62 bits per heavy atom. The zero-order valence-electron chi connectivity index (χ0n) is 5.19. The maximum atomic E-state index is 5.68. The van der Waals surface area contributed by atoms with Crippen molar-refractivity contribution in [1.29, 1.82) is 0 Å². The van der Waals surface area contributed by atoms with Gasteiger partial charge >= 0.3 is 0 Å². The molecule has 2 radical (unpaired) electrons.